The van der Waals surface area contributed by atoms with E-state index >= 15 is 0 Å². The summed E-state index contributed by atoms with van der Waals surface area (Å²) in [5.74, 6) is -3.69. The van der Waals surface area contributed by atoms with Crippen LogP contribution in [0.25, 0.3) is 0 Å². The number of benzene rings is 1. The molecule has 0 saturated carbocycles. The van der Waals surface area contributed by atoms with Crippen LogP contribution in [0.3, 0.4) is 0 Å². The van der Waals surface area contributed by atoms with Gasteiger partial charge in [-0.2, -0.15) is 0 Å². The number of carboxylic acids is 1. The standard InChI is InChI=1S/C24H39N7O6/c1-3-14(2)19(25)22(35)30-17(12-15-8-5-4-6-9-15)21(34)29-16(10-7-11-28-24(26)27)20(33)31-18(13-32)23(36)37/h4-6,8-9,14,16-19,32H,3,7,10-13,25H2,1-2H3,(H,29,34)(H,30,35)(H,31,33)(H,36,37)(H4,26,27,28). The number of aliphatic hydroxyl groups excluding tert-OH is 1. The molecule has 1 aromatic carbocycles. The molecule has 0 radical (unpaired) electrons. The van der Waals surface area contributed by atoms with Gasteiger partial charge in [0.15, 0.2) is 5.96 Å². The normalized spacial score (nSPS) is 14.8. The summed E-state index contributed by atoms with van der Waals surface area (Å²) in [7, 11) is 0. The summed E-state index contributed by atoms with van der Waals surface area (Å²) in [4.78, 5) is 54.0. The summed E-state index contributed by atoms with van der Waals surface area (Å²) in [6.07, 6.45) is 1.13. The average Bonchev–Trinajstić information content (AvgIpc) is 2.87. The number of carbonyl (C=O) groups excluding carboxylic acids is 3. The number of aliphatic imine (C=N–C) groups is 1. The first-order valence-corrected chi connectivity index (χ1v) is 12.1. The number of nitrogens with one attached hydrogen (secondary N) is 3. The molecule has 0 bridgehead atoms. The first-order valence-electron chi connectivity index (χ1n) is 12.1. The van der Waals surface area contributed by atoms with E-state index in [1.807, 2.05) is 19.9 Å². The Bertz CT molecular complexity index is 923. The van der Waals surface area contributed by atoms with Gasteiger partial charge < -0.3 is 43.4 Å². The minimum atomic E-state index is -1.56. The minimum absolute atomic E-state index is 0.0600. The zero-order valence-electron chi connectivity index (χ0n) is 21.2. The van der Waals surface area contributed by atoms with Gasteiger partial charge in [0.25, 0.3) is 0 Å². The van der Waals surface area contributed by atoms with Crippen LogP contribution in [-0.4, -0.2) is 77.2 Å². The first kappa shape index (κ1) is 31.3. The third-order valence-corrected chi connectivity index (χ3v) is 5.85. The number of aliphatic carboxylic acids is 1. The maximum Gasteiger partial charge on any atom is 0.328 e. The maximum atomic E-state index is 13.3. The van der Waals surface area contributed by atoms with Crippen LogP contribution in [0, 0.1) is 5.92 Å². The van der Waals surface area contributed by atoms with Gasteiger partial charge in [0.1, 0.15) is 18.1 Å². The molecule has 0 aliphatic carbocycles. The maximum absolute atomic E-state index is 13.3. The van der Waals surface area contributed by atoms with Crippen LogP contribution in [0.2, 0.25) is 0 Å². The number of amides is 3. The smallest absolute Gasteiger partial charge is 0.328 e. The number of carboxylic acid groups (broad SMARTS) is 1. The summed E-state index contributed by atoms with van der Waals surface area (Å²) in [6, 6.07) is 4.33. The van der Waals surface area contributed by atoms with E-state index in [9.17, 15) is 24.3 Å². The lowest BCUT2D eigenvalue weighted by atomic mass is 9.98. The fourth-order valence-electron chi connectivity index (χ4n) is 3.34. The summed E-state index contributed by atoms with van der Waals surface area (Å²) in [5.41, 5.74) is 17.4. The van der Waals surface area contributed by atoms with Crippen LogP contribution in [0.4, 0.5) is 0 Å². The lowest BCUT2D eigenvalue weighted by Crippen LogP contribution is -2.58. The second kappa shape index (κ2) is 16.1. The highest BCUT2D eigenvalue weighted by molar-refractivity contribution is 5.94. The van der Waals surface area contributed by atoms with E-state index in [4.69, 9.17) is 22.3 Å². The zero-order chi connectivity index (χ0) is 28.0. The van der Waals surface area contributed by atoms with Gasteiger partial charge in [0.05, 0.1) is 12.6 Å². The predicted octanol–water partition coefficient (Wildman–Crippen LogP) is -1.81. The topological polar surface area (TPSA) is 235 Å². The molecule has 0 saturated heterocycles. The second-order valence-electron chi connectivity index (χ2n) is 8.75. The van der Waals surface area contributed by atoms with E-state index in [-0.39, 0.29) is 37.7 Å². The highest BCUT2D eigenvalue weighted by Crippen LogP contribution is 2.09. The quantitative estimate of drug-likeness (QED) is 0.0694. The highest BCUT2D eigenvalue weighted by atomic mass is 16.4. The van der Waals surface area contributed by atoms with Gasteiger partial charge in [-0.05, 0) is 24.3 Å². The van der Waals surface area contributed by atoms with Crippen molar-refractivity contribution < 1.29 is 29.4 Å². The van der Waals surface area contributed by atoms with Crippen LogP contribution in [0.15, 0.2) is 35.3 Å². The van der Waals surface area contributed by atoms with Crippen molar-refractivity contribution >= 4 is 29.7 Å². The number of hydrogen-bond donors (Lipinski definition) is 8. The molecule has 0 aromatic heterocycles. The van der Waals surface area contributed by atoms with Crippen LogP contribution in [0.5, 0.6) is 0 Å². The van der Waals surface area contributed by atoms with E-state index in [1.54, 1.807) is 24.3 Å². The fourth-order valence-corrected chi connectivity index (χ4v) is 3.34. The van der Waals surface area contributed by atoms with Crippen LogP contribution in [0.1, 0.15) is 38.7 Å². The van der Waals surface area contributed by atoms with Crippen LogP contribution >= 0.6 is 0 Å². The Kier molecular flexibility index (Phi) is 13.6. The van der Waals surface area contributed by atoms with E-state index in [1.165, 1.54) is 0 Å². The molecule has 0 spiro atoms. The summed E-state index contributed by atoms with van der Waals surface area (Å²) in [5, 5.41) is 25.9. The molecule has 206 valence electrons. The Morgan fingerprint density at radius 2 is 1.51 bits per heavy atom. The SMILES string of the molecule is CCC(C)C(N)C(=O)NC(Cc1ccccc1)C(=O)NC(CCCN=C(N)N)C(=O)NC(CO)C(=O)O. The van der Waals surface area contributed by atoms with Crippen molar-refractivity contribution in [2.45, 2.75) is 63.7 Å². The number of nitrogens with two attached hydrogens (primary N) is 3. The van der Waals surface area contributed by atoms with Gasteiger partial charge >= 0.3 is 5.97 Å². The van der Waals surface area contributed by atoms with E-state index in [2.05, 4.69) is 20.9 Å². The minimum Gasteiger partial charge on any atom is -0.480 e. The third kappa shape index (κ3) is 11.3. The molecule has 11 N–H and O–H groups in total. The highest BCUT2D eigenvalue weighted by Gasteiger charge is 2.31. The number of hydrogen-bond acceptors (Lipinski definition) is 7. The summed E-state index contributed by atoms with van der Waals surface area (Å²) >= 11 is 0. The molecule has 13 heteroatoms. The van der Waals surface area contributed by atoms with Gasteiger partial charge in [0, 0.05) is 13.0 Å². The largest absolute Gasteiger partial charge is 0.480 e. The monoisotopic (exact) mass is 521 g/mol. The van der Waals surface area contributed by atoms with Gasteiger partial charge in [-0.15, -0.1) is 0 Å². The van der Waals surface area contributed by atoms with Crippen LogP contribution in [-0.2, 0) is 25.6 Å². The molecule has 1 aromatic rings. The summed E-state index contributed by atoms with van der Waals surface area (Å²) in [6.45, 7) is 3.05. The first-order chi connectivity index (χ1) is 17.5. The van der Waals surface area contributed by atoms with Gasteiger partial charge in [-0.1, -0.05) is 50.6 Å². The van der Waals surface area contributed by atoms with Gasteiger partial charge in [0.2, 0.25) is 17.7 Å². The van der Waals surface area contributed by atoms with Crippen molar-refractivity contribution in [2.24, 2.45) is 28.1 Å². The van der Waals surface area contributed by atoms with Gasteiger partial charge in [-0.3, -0.25) is 19.4 Å². The molecule has 37 heavy (non-hydrogen) atoms. The average molecular weight is 522 g/mol. The van der Waals surface area contributed by atoms with Crippen LogP contribution < -0.4 is 33.2 Å². The summed E-state index contributed by atoms with van der Waals surface area (Å²) < 4.78 is 0. The number of nitrogens with zero attached hydrogens (tertiary/aromatic N) is 1. The predicted molar refractivity (Wildman–Crippen MR) is 138 cm³/mol. The Morgan fingerprint density at radius 1 is 0.946 bits per heavy atom. The lowest BCUT2D eigenvalue weighted by Gasteiger charge is -2.26. The van der Waals surface area contributed by atoms with E-state index in [0.29, 0.717) is 6.42 Å². The van der Waals surface area contributed by atoms with Crippen molar-refractivity contribution in [2.75, 3.05) is 13.2 Å². The van der Waals surface area contributed by atoms with E-state index < -0.39 is 54.5 Å². The molecule has 0 aliphatic rings. The molecule has 0 fully saturated rings. The molecule has 3 amide bonds. The molecule has 5 unspecified atom stereocenters. The molecular weight excluding hydrogens is 482 g/mol. The zero-order valence-corrected chi connectivity index (χ0v) is 21.2. The molecule has 13 nitrogen and oxygen atoms in total. The fraction of sp³-hybridized carbons (Fsp3) is 0.542. The molecule has 0 aliphatic heterocycles. The third-order valence-electron chi connectivity index (χ3n) is 5.85. The Hall–Kier alpha value is -3.71. The van der Waals surface area contributed by atoms with Crippen molar-refractivity contribution in [3.63, 3.8) is 0 Å². The number of aliphatic hydroxyl groups is 1. The van der Waals surface area contributed by atoms with Gasteiger partial charge in [-0.25, -0.2) is 4.79 Å². The van der Waals surface area contributed by atoms with Crippen molar-refractivity contribution in [1.82, 2.24) is 16.0 Å². The Morgan fingerprint density at radius 3 is 2.05 bits per heavy atom. The van der Waals surface area contributed by atoms with E-state index in [0.717, 1.165) is 5.56 Å². The number of guanidine groups is 1. The Balaban J connectivity index is 3.12. The van der Waals surface area contributed by atoms with Crippen molar-refractivity contribution in [1.29, 1.82) is 0 Å². The second-order valence-corrected chi connectivity index (χ2v) is 8.75. The molecule has 0 heterocycles. The Labute approximate surface area is 216 Å². The molecular formula is C24H39N7O6. The lowest BCUT2D eigenvalue weighted by molar-refractivity contribution is -0.143. The number of rotatable bonds is 16. The number of carbonyl (C=O) groups is 4. The molecule has 5 atom stereocenters. The molecule has 1 rings (SSSR count). The van der Waals surface area contributed by atoms with Crippen molar-refractivity contribution in [3.8, 4) is 0 Å². The van der Waals surface area contributed by atoms with Crippen molar-refractivity contribution in [3.05, 3.63) is 35.9 Å².